The smallest absolute Gasteiger partial charge is 0.221 e. The van der Waals surface area contributed by atoms with Crippen LogP contribution in [0.25, 0.3) is 0 Å². The molecule has 0 aliphatic carbocycles. The van der Waals surface area contributed by atoms with Crippen LogP contribution in [0.3, 0.4) is 0 Å². The molecule has 2 rings (SSSR count). The van der Waals surface area contributed by atoms with Gasteiger partial charge in [0.2, 0.25) is 11.8 Å². The number of rotatable bonds is 5. The maximum absolute atomic E-state index is 5.88. The lowest BCUT2D eigenvalue weighted by molar-refractivity contribution is 0.158. The zero-order valence-electron chi connectivity index (χ0n) is 10.8. The molecule has 1 aliphatic rings. The van der Waals surface area contributed by atoms with Crippen LogP contribution in [0.5, 0.6) is 11.8 Å². The van der Waals surface area contributed by atoms with Crippen molar-refractivity contribution in [1.82, 2.24) is 15.3 Å². The molecule has 5 nitrogen and oxygen atoms in total. The summed E-state index contributed by atoms with van der Waals surface area (Å²) in [6, 6.07) is 1.76. The third kappa shape index (κ3) is 3.74. The molecule has 0 spiro atoms. The van der Waals surface area contributed by atoms with E-state index in [2.05, 4.69) is 15.3 Å². The number of hydrogen-bond acceptors (Lipinski definition) is 6. The highest BCUT2D eigenvalue weighted by atomic mass is 32.2. The van der Waals surface area contributed by atoms with Crippen LogP contribution in [0.15, 0.2) is 11.2 Å². The highest BCUT2D eigenvalue weighted by Gasteiger charge is 2.16. The molecule has 1 aromatic heterocycles. The molecule has 0 unspecified atom stereocenters. The number of nitrogens with one attached hydrogen (secondary N) is 1. The minimum absolute atomic E-state index is 0.192. The van der Waals surface area contributed by atoms with E-state index in [4.69, 9.17) is 9.47 Å². The average molecular weight is 269 g/mol. The van der Waals surface area contributed by atoms with Gasteiger partial charge in [-0.2, -0.15) is 9.97 Å². The van der Waals surface area contributed by atoms with Crippen molar-refractivity contribution in [3.05, 3.63) is 6.07 Å². The zero-order chi connectivity index (χ0) is 12.8. The molecule has 1 atom stereocenters. The molecule has 0 radical (unpaired) electrons. The van der Waals surface area contributed by atoms with E-state index in [0.717, 1.165) is 25.9 Å². The Morgan fingerprint density at radius 3 is 2.94 bits per heavy atom. The first kappa shape index (κ1) is 13.4. The van der Waals surface area contributed by atoms with Crippen LogP contribution in [0.1, 0.15) is 19.8 Å². The second kappa shape index (κ2) is 6.80. The summed E-state index contributed by atoms with van der Waals surface area (Å²) < 4.78 is 11.3. The van der Waals surface area contributed by atoms with Crippen molar-refractivity contribution in [3.8, 4) is 11.8 Å². The molecule has 1 saturated heterocycles. The predicted octanol–water partition coefficient (Wildman–Crippen LogP) is 1.73. The van der Waals surface area contributed by atoms with Gasteiger partial charge < -0.3 is 14.8 Å². The summed E-state index contributed by atoms with van der Waals surface area (Å²) in [5.41, 5.74) is 0. The SMILES string of the molecule is CCOc1cc(O[C@@H]2CCCNC2)nc(SC)n1. The normalized spacial score (nSPS) is 19.6. The highest BCUT2D eigenvalue weighted by molar-refractivity contribution is 7.98. The van der Waals surface area contributed by atoms with Gasteiger partial charge in [-0.15, -0.1) is 0 Å². The molecular weight excluding hydrogens is 250 g/mol. The van der Waals surface area contributed by atoms with Crippen molar-refractivity contribution >= 4 is 11.8 Å². The molecule has 2 heterocycles. The van der Waals surface area contributed by atoms with E-state index in [0.29, 0.717) is 23.5 Å². The monoisotopic (exact) mass is 269 g/mol. The second-order valence-electron chi connectivity index (χ2n) is 4.05. The minimum Gasteiger partial charge on any atom is -0.478 e. The summed E-state index contributed by atoms with van der Waals surface area (Å²) in [6.45, 7) is 4.48. The van der Waals surface area contributed by atoms with Crippen LogP contribution in [0.2, 0.25) is 0 Å². The molecule has 0 bridgehead atoms. The first-order valence-electron chi connectivity index (χ1n) is 6.25. The lowest BCUT2D eigenvalue weighted by atomic mass is 10.1. The summed E-state index contributed by atoms with van der Waals surface area (Å²) in [5, 5.41) is 4.00. The van der Waals surface area contributed by atoms with Gasteiger partial charge in [-0.05, 0) is 32.6 Å². The van der Waals surface area contributed by atoms with Crippen LogP contribution in [-0.2, 0) is 0 Å². The minimum atomic E-state index is 0.192. The van der Waals surface area contributed by atoms with Gasteiger partial charge in [-0.1, -0.05) is 11.8 Å². The fourth-order valence-electron chi connectivity index (χ4n) is 1.85. The van der Waals surface area contributed by atoms with E-state index < -0.39 is 0 Å². The number of piperidine rings is 1. The molecule has 100 valence electrons. The maximum atomic E-state index is 5.88. The van der Waals surface area contributed by atoms with Crippen molar-refractivity contribution < 1.29 is 9.47 Å². The Morgan fingerprint density at radius 1 is 1.44 bits per heavy atom. The van der Waals surface area contributed by atoms with Crippen LogP contribution >= 0.6 is 11.8 Å². The van der Waals surface area contributed by atoms with Crippen molar-refractivity contribution in [2.24, 2.45) is 0 Å². The Labute approximate surface area is 112 Å². The Bertz CT molecular complexity index is 384. The molecule has 1 aromatic rings. The number of thioether (sulfide) groups is 1. The highest BCUT2D eigenvalue weighted by Crippen LogP contribution is 2.22. The van der Waals surface area contributed by atoms with Crippen LogP contribution in [-0.4, -0.2) is 42.0 Å². The van der Waals surface area contributed by atoms with Crippen molar-refractivity contribution in [2.45, 2.75) is 31.0 Å². The molecule has 0 saturated carbocycles. The first-order valence-corrected chi connectivity index (χ1v) is 7.47. The largest absolute Gasteiger partial charge is 0.478 e. The van der Waals surface area contributed by atoms with E-state index in [1.807, 2.05) is 13.2 Å². The quantitative estimate of drug-likeness (QED) is 0.649. The van der Waals surface area contributed by atoms with Crippen molar-refractivity contribution in [2.75, 3.05) is 26.0 Å². The van der Waals surface area contributed by atoms with Gasteiger partial charge in [0, 0.05) is 6.54 Å². The molecular formula is C12H19N3O2S. The summed E-state index contributed by atoms with van der Waals surface area (Å²) >= 11 is 1.49. The van der Waals surface area contributed by atoms with Gasteiger partial charge in [-0.3, -0.25) is 0 Å². The number of hydrogen-bond donors (Lipinski definition) is 1. The Balaban J connectivity index is 2.07. The molecule has 0 aromatic carbocycles. The third-order valence-electron chi connectivity index (χ3n) is 2.67. The van der Waals surface area contributed by atoms with Gasteiger partial charge in [0.1, 0.15) is 6.10 Å². The first-order chi connectivity index (χ1) is 8.81. The summed E-state index contributed by atoms with van der Waals surface area (Å²) in [4.78, 5) is 8.62. The second-order valence-corrected chi connectivity index (χ2v) is 4.82. The van der Waals surface area contributed by atoms with Crippen molar-refractivity contribution in [3.63, 3.8) is 0 Å². The van der Waals surface area contributed by atoms with Gasteiger partial charge in [-0.25, -0.2) is 0 Å². The molecule has 1 aliphatic heterocycles. The lowest BCUT2D eigenvalue weighted by Gasteiger charge is -2.23. The Hall–Kier alpha value is -1.01. The zero-order valence-corrected chi connectivity index (χ0v) is 11.6. The standard InChI is InChI=1S/C12H19N3O2S/c1-3-16-10-7-11(15-12(14-10)18-2)17-9-5-4-6-13-8-9/h7,9,13H,3-6,8H2,1-2H3/t9-/m1/s1. The fraction of sp³-hybridized carbons (Fsp3) is 0.667. The van der Waals surface area contributed by atoms with Crippen LogP contribution < -0.4 is 14.8 Å². The Morgan fingerprint density at radius 2 is 2.28 bits per heavy atom. The summed E-state index contributed by atoms with van der Waals surface area (Å²) in [5.74, 6) is 1.18. The van der Waals surface area contributed by atoms with E-state index in [1.165, 1.54) is 11.8 Å². The molecule has 18 heavy (non-hydrogen) atoms. The lowest BCUT2D eigenvalue weighted by Crippen LogP contribution is -2.37. The number of nitrogens with zero attached hydrogens (tertiary/aromatic N) is 2. The van der Waals surface area contributed by atoms with Gasteiger partial charge in [0.05, 0.1) is 12.7 Å². The van der Waals surface area contributed by atoms with Gasteiger partial charge in [0.15, 0.2) is 5.16 Å². The average Bonchev–Trinajstić information content (AvgIpc) is 2.40. The topological polar surface area (TPSA) is 56.3 Å². The third-order valence-corrected chi connectivity index (χ3v) is 3.22. The Kier molecular flexibility index (Phi) is 5.07. The molecule has 1 N–H and O–H groups in total. The molecule has 6 heteroatoms. The fourth-order valence-corrected chi connectivity index (χ4v) is 2.21. The van der Waals surface area contributed by atoms with E-state index in [9.17, 15) is 0 Å². The van der Waals surface area contributed by atoms with E-state index in [1.54, 1.807) is 6.07 Å². The summed E-state index contributed by atoms with van der Waals surface area (Å²) in [6.07, 6.45) is 4.34. The van der Waals surface area contributed by atoms with Crippen molar-refractivity contribution in [1.29, 1.82) is 0 Å². The summed E-state index contributed by atoms with van der Waals surface area (Å²) in [7, 11) is 0. The molecule has 0 amide bonds. The number of ether oxygens (including phenoxy) is 2. The van der Waals surface area contributed by atoms with Crippen LogP contribution in [0.4, 0.5) is 0 Å². The number of aromatic nitrogens is 2. The molecule has 1 fully saturated rings. The van der Waals surface area contributed by atoms with Gasteiger partial charge in [0.25, 0.3) is 0 Å². The maximum Gasteiger partial charge on any atom is 0.221 e. The van der Waals surface area contributed by atoms with E-state index >= 15 is 0 Å². The van der Waals surface area contributed by atoms with Gasteiger partial charge >= 0.3 is 0 Å². The predicted molar refractivity (Wildman–Crippen MR) is 71.5 cm³/mol. The van der Waals surface area contributed by atoms with E-state index in [-0.39, 0.29) is 6.10 Å². The van der Waals surface area contributed by atoms with Crippen LogP contribution in [0, 0.1) is 0 Å².